The molecule has 0 fully saturated rings. The van der Waals surface area contributed by atoms with Gasteiger partial charge in [-0.05, 0) is 24.3 Å². The SMILES string of the molecule is COCCOCCNCCOc1ccc(C(=O)O)cc1. The number of methoxy groups -OCH3 is 1. The summed E-state index contributed by atoms with van der Waals surface area (Å²) in [5, 5.41) is 11.9. The third kappa shape index (κ3) is 7.08. The molecule has 1 aromatic carbocycles. The van der Waals surface area contributed by atoms with Crippen molar-refractivity contribution in [3.8, 4) is 5.75 Å². The minimum atomic E-state index is -0.938. The molecule has 6 heteroatoms. The van der Waals surface area contributed by atoms with E-state index in [1.165, 1.54) is 12.1 Å². The molecule has 0 amide bonds. The van der Waals surface area contributed by atoms with Gasteiger partial charge in [0.2, 0.25) is 0 Å². The van der Waals surface area contributed by atoms with E-state index >= 15 is 0 Å². The molecular formula is C14H21NO5. The number of aromatic carboxylic acids is 1. The summed E-state index contributed by atoms with van der Waals surface area (Å²) < 4.78 is 15.6. The second kappa shape index (κ2) is 10.2. The molecule has 6 nitrogen and oxygen atoms in total. The minimum Gasteiger partial charge on any atom is -0.492 e. The maximum atomic E-state index is 10.7. The van der Waals surface area contributed by atoms with E-state index in [1.54, 1.807) is 19.2 Å². The Morgan fingerprint density at radius 2 is 1.80 bits per heavy atom. The predicted molar refractivity (Wildman–Crippen MR) is 74.5 cm³/mol. The number of rotatable bonds is 11. The monoisotopic (exact) mass is 283 g/mol. The van der Waals surface area contributed by atoms with E-state index in [-0.39, 0.29) is 5.56 Å². The van der Waals surface area contributed by atoms with Crippen molar-refractivity contribution in [3.05, 3.63) is 29.8 Å². The zero-order chi connectivity index (χ0) is 14.6. The first-order valence-corrected chi connectivity index (χ1v) is 6.47. The maximum absolute atomic E-state index is 10.7. The Bertz CT molecular complexity index is 380. The van der Waals surface area contributed by atoms with E-state index in [0.717, 1.165) is 6.54 Å². The second-order valence-electron chi connectivity index (χ2n) is 4.03. The fraction of sp³-hybridized carbons (Fsp3) is 0.500. The Morgan fingerprint density at radius 3 is 2.45 bits per heavy atom. The van der Waals surface area contributed by atoms with Gasteiger partial charge >= 0.3 is 5.97 Å². The molecule has 0 aliphatic rings. The molecule has 20 heavy (non-hydrogen) atoms. The van der Waals surface area contributed by atoms with Crippen LogP contribution in [0.4, 0.5) is 0 Å². The Labute approximate surface area is 118 Å². The van der Waals surface area contributed by atoms with Crippen LogP contribution in [0.15, 0.2) is 24.3 Å². The molecule has 2 N–H and O–H groups in total. The molecule has 0 bridgehead atoms. The van der Waals surface area contributed by atoms with Gasteiger partial charge in [0.25, 0.3) is 0 Å². The summed E-state index contributed by atoms with van der Waals surface area (Å²) in [4.78, 5) is 10.7. The number of ether oxygens (including phenoxy) is 3. The van der Waals surface area contributed by atoms with Gasteiger partial charge in [-0.25, -0.2) is 4.79 Å². The number of carboxylic acid groups (broad SMARTS) is 1. The highest BCUT2D eigenvalue weighted by Gasteiger charge is 2.01. The highest BCUT2D eigenvalue weighted by Crippen LogP contribution is 2.11. The van der Waals surface area contributed by atoms with Crippen LogP contribution in [0, 0.1) is 0 Å². The predicted octanol–water partition coefficient (Wildman–Crippen LogP) is 1.02. The van der Waals surface area contributed by atoms with Crippen LogP contribution in [0.3, 0.4) is 0 Å². The van der Waals surface area contributed by atoms with Crippen molar-refractivity contribution < 1.29 is 24.1 Å². The Morgan fingerprint density at radius 1 is 1.10 bits per heavy atom. The van der Waals surface area contributed by atoms with Gasteiger partial charge in [-0.15, -0.1) is 0 Å². The molecular weight excluding hydrogens is 262 g/mol. The van der Waals surface area contributed by atoms with Gasteiger partial charge in [0, 0.05) is 20.2 Å². The fourth-order valence-electron chi connectivity index (χ4n) is 1.45. The average molecular weight is 283 g/mol. The summed E-state index contributed by atoms with van der Waals surface area (Å²) in [5.74, 6) is -0.278. The largest absolute Gasteiger partial charge is 0.492 e. The summed E-state index contributed by atoms with van der Waals surface area (Å²) in [7, 11) is 1.64. The first-order valence-electron chi connectivity index (χ1n) is 6.47. The average Bonchev–Trinajstić information content (AvgIpc) is 2.46. The fourth-order valence-corrected chi connectivity index (χ4v) is 1.45. The number of benzene rings is 1. The lowest BCUT2D eigenvalue weighted by Gasteiger charge is -2.08. The van der Waals surface area contributed by atoms with Crippen molar-refractivity contribution in [1.29, 1.82) is 0 Å². The van der Waals surface area contributed by atoms with E-state index in [2.05, 4.69) is 5.32 Å². The van der Waals surface area contributed by atoms with Gasteiger partial charge in [0.15, 0.2) is 0 Å². The summed E-state index contributed by atoms with van der Waals surface area (Å²) in [6.45, 7) is 3.82. The number of hydrogen-bond donors (Lipinski definition) is 2. The van der Waals surface area contributed by atoms with E-state index in [9.17, 15) is 4.79 Å². The third-order valence-corrected chi connectivity index (χ3v) is 2.50. The lowest BCUT2D eigenvalue weighted by atomic mass is 10.2. The molecule has 0 aliphatic heterocycles. The van der Waals surface area contributed by atoms with E-state index in [4.69, 9.17) is 19.3 Å². The molecule has 0 atom stereocenters. The molecule has 0 aliphatic carbocycles. The molecule has 0 saturated carbocycles. The van der Waals surface area contributed by atoms with Gasteiger partial charge in [-0.2, -0.15) is 0 Å². The molecule has 1 aromatic rings. The molecule has 0 unspecified atom stereocenters. The zero-order valence-corrected chi connectivity index (χ0v) is 11.6. The van der Waals surface area contributed by atoms with Gasteiger partial charge in [0.05, 0.1) is 25.4 Å². The zero-order valence-electron chi connectivity index (χ0n) is 11.6. The lowest BCUT2D eigenvalue weighted by molar-refractivity contribution is 0.0697. The normalized spacial score (nSPS) is 10.4. The van der Waals surface area contributed by atoms with E-state index < -0.39 is 5.97 Å². The van der Waals surface area contributed by atoms with Crippen molar-refractivity contribution in [2.75, 3.05) is 46.6 Å². The van der Waals surface area contributed by atoms with E-state index in [1.807, 2.05) is 0 Å². The first kappa shape index (κ1) is 16.4. The number of carboxylic acids is 1. The van der Waals surface area contributed by atoms with Crippen LogP contribution in [-0.2, 0) is 9.47 Å². The highest BCUT2D eigenvalue weighted by molar-refractivity contribution is 5.87. The second-order valence-corrected chi connectivity index (χ2v) is 4.03. The molecule has 0 aromatic heterocycles. The van der Waals surface area contributed by atoms with Crippen molar-refractivity contribution in [3.63, 3.8) is 0 Å². The third-order valence-electron chi connectivity index (χ3n) is 2.50. The standard InChI is InChI=1S/C14H21NO5/c1-18-10-11-19-8-6-15-7-9-20-13-4-2-12(3-5-13)14(16)17/h2-5,15H,6-11H2,1H3,(H,16,17). The van der Waals surface area contributed by atoms with Crippen molar-refractivity contribution in [2.45, 2.75) is 0 Å². The summed E-state index contributed by atoms with van der Waals surface area (Å²) in [6.07, 6.45) is 0. The Kier molecular flexibility index (Phi) is 8.37. The van der Waals surface area contributed by atoms with Crippen LogP contribution in [0.5, 0.6) is 5.75 Å². The smallest absolute Gasteiger partial charge is 0.335 e. The molecule has 0 radical (unpaired) electrons. The van der Waals surface area contributed by atoms with Crippen molar-refractivity contribution in [2.24, 2.45) is 0 Å². The van der Waals surface area contributed by atoms with Crippen molar-refractivity contribution >= 4 is 5.97 Å². The minimum absolute atomic E-state index is 0.253. The molecule has 0 saturated heterocycles. The van der Waals surface area contributed by atoms with Crippen LogP contribution in [-0.4, -0.2) is 57.7 Å². The first-order chi connectivity index (χ1) is 9.74. The van der Waals surface area contributed by atoms with Gasteiger partial charge < -0.3 is 24.6 Å². The van der Waals surface area contributed by atoms with Gasteiger partial charge in [0.1, 0.15) is 12.4 Å². The molecule has 0 heterocycles. The van der Waals surface area contributed by atoms with Crippen LogP contribution < -0.4 is 10.1 Å². The maximum Gasteiger partial charge on any atom is 0.335 e. The molecule has 0 spiro atoms. The summed E-state index contributed by atoms with van der Waals surface area (Å²) in [5.41, 5.74) is 0.253. The topological polar surface area (TPSA) is 77.0 Å². The van der Waals surface area contributed by atoms with Gasteiger partial charge in [-0.3, -0.25) is 0 Å². The quantitative estimate of drug-likeness (QED) is 0.590. The van der Waals surface area contributed by atoms with Crippen LogP contribution >= 0.6 is 0 Å². The van der Waals surface area contributed by atoms with Crippen LogP contribution in [0.25, 0.3) is 0 Å². The van der Waals surface area contributed by atoms with E-state index in [0.29, 0.717) is 38.7 Å². The number of nitrogens with one attached hydrogen (secondary N) is 1. The Balaban J connectivity index is 2.02. The molecule has 1 rings (SSSR count). The van der Waals surface area contributed by atoms with Crippen molar-refractivity contribution in [1.82, 2.24) is 5.32 Å². The summed E-state index contributed by atoms with van der Waals surface area (Å²) >= 11 is 0. The van der Waals surface area contributed by atoms with Crippen LogP contribution in [0.2, 0.25) is 0 Å². The molecule has 112 valence electrons. The van der Waals surface area contributed by atoms with Gasteiger partial charge in [-0.1, -0.05) is 0 Å². The Hall–Kier alpha value is -1.63. The number of carbonyl (C=O) groups is 1. The van der Waals surface area contributed by atoms with Crippen LogP contribution in [0.1, 0.15) is 10.4 Å². The highest BCUT2D eigenvalue weighted by atomic mass is 16.5. The summed E-state index contributed by atoms with van der Waals surface area (Å²) in [6, 6.07) is 6.35. The number of hydrogen-bond acceptors (Lipinski definition) is 5. The lowest BCUT2D eigenvalue weighted by Crippen LogP contribution is -2.25.